The number of nitrogens with one attached hydrogen (secondary N) is 2. The van der Waals surface area contributed by atoms with Crippen molar-refractivity contribution in [1.29, 1.82) is 0 Å². The highest BCUT2D eigenvalue weighted by Gasteiger charge is 2.31. The van der Waals surface area contributed by atoms with Crippen LogP contribution in [0, 0.1) is 11.8 Å². The first-order chi connectivity index (χ1) is 17.0. The first kappa shape index (κ1) is 24.5. The highest BCUT2D eigenvalue weighted by atomic mass is 16.5. The molecule has 0 radical (unpaired) electrons. The molecule has 35 heavy (non-hydrogen) atoms. The van der Waals surface area contributed by atoms with E-state index in [1.807, 2.05) is 24.3 Å². The minimum atomic E-state index is -0.788. The van der Waals surface area contributed by atoms with E-state index in [0.29, 0.717) is 18.5 Å². The molecule has 0 bridgehead atoms. The van der Waals surface area contributed by atoms with Crippen LogP contribution in [0.1, 0.15) is 49.7 Å². The van der Waals surface area contributed by atoms with Crippen LogP contribution in [-0.2, 0) is 14.3 Å². The van der Waals surface area contributed by atoms with Gasteiger partial charge in [-0.25, -0.2) is 4.79 Å². The molecular weight excluding hydrogens is 444 g/mol. The van der Waals surface area contributed by atoms with Crippen molar-refractivity contribution >= 4 is 18.0 Å². The van der Waals surface area contributed by atoms with Crippen LogP contribution in [0.25, 0.3) is 11.1 Å². The van der Waals surface area contributed by atoms with E-state index in [1.54, 1.807) is 13.0 Å². The molecule has 1 fully saturated rings. The van der Waals surface area contributed by atoms with Crippen LogP contribution in [0.5, 0.6) is 0 Å². The van der Waals surface area contributed by atoms with Crippen LogP contribution < -0.4 is 10.6 Å². The SMILES string of the molecule is C/C(=C\CNC(=O)OCC1c2ccccc2-c2ccccc21)C(=O)NCC1CCCCC1C(=O)O. The molecule has 1 saturated carbocycles. The molecule has 2 aromatic carbocycles. The minimum Gasteiger partial charge on any atom is -0.481 e. The molecule has 2 aliphatic rings. The number of ether oxygens (including phenoxy) is 1. The Morgan fingerprint density at radius 2 is 1.60 bits per heavy atom. The quantitative estimate of drug-likeness (QED) is 0.488. The maximum Gasteiger partial charge on any atom is 0.407 e. The smallest absolute Gasteiger partial charge is 0.407 e. The summed E-state index contributed by atoms with van der Waals surface area (Å²) >= 11 is 0. The second-order valence-corrected chi connectivity index (χ2v) is 9.29. The monoisotopic (exact) mass is 476 g/mol. The lowest BCUT2D eigenvalue weighted by molar-refractivity contribution is -0.145. The van der Waals surface area contributed by atoms with Crippen molar-refractivity contribution in [3.63, 3.8) is 0 Å². The third kappa shape index (κ3) is 5.73. The number of rotatable bonds is 8. The van der Waals surface area contributed by atoms with Crippen molar-refractivity contribution in [2.45, 2.75) is 38.5 Å². The van der Waals surface area contributed by atoms with Crippen molar-refractivity contribution in [1.82, 2.24) is 10.6 Å². The zero-order valence-corrected chi connectivity index (χ0v) is 20.0. The number of carboxylic acids is 1. The van der Waals surface area contributed by atoms with Crippen molar-refractivity contribution < 1.29 is 24.2 Å². The van der Waals surface area contributed by atoms with Crippen molar-refractivity contribution in [2.75, 3.05) is 19.7 Å². The van der Waals surface area contributed by atoms with Gasteiger partial charge in [0.25, 0.3) is 0 Å². The number of carboxylic acid groups (broad SMARTS) is 1. The van der Waals surface area contributed by atoms with Crippen LogP contribution in [0.3, 0.4) is 0 Å². The Labute approximate surface area is 205 Å². The first-order valence-corrected chi connectivity index (χ1v) is 12.2. The largest absolute Gasteiger partial charge is 0.481 e. The van der Waals surface area contributed by atoms with E-state index in [2.05, 4.69) is 34.9 Å². The molecule has 7 nitrogen and oxygen atoms in total. The zero-order valence-electron chi connectivity index (χ0n) is 20.0. The predicted octanol–water partition coefficient (Wildman–Crippen LogP) is 4.48. The number of benzene rings is 2. The fourth-order valence-electron chi connectivity index (χ4n) is 5.17. The number of hydrogen-bond acceptors (Lipinski definition) is 4. The van der Waals surface area contributed by atoms with E-state index in [1.165, 1.54) is 11.1 Å². The molecule has 2 aliphatic carbocycles. The van der Waals surface area contributed by atoms with E-state index in [9.17, 15) is 19.5 Å². The second kappa shape index (κ2) is 11.2. The van der Waals surface area contributed by atoms with Gasteiger partial charge >= 0.3 is 12.1 Å². The zero-order chi connectivity index (χ0) is 24.8. The van der Waals surface area contributed by atoms with Crippen molar-refractivity contribution in [3.8, 4) is 11.1 Å². The molecule has 4 rings (SSSR count). The lowest BCUT2D eigenvalue weighted by Gasteiger charge is -2.28. The van der Waals surface area contributed by atoms with Crippen molar-refractivity contribution in [3.05, 3.63) is 71.3 Å². The summed E-state index contributed by atoms with van der Waals surface area (Å²) in [4.78, 5) is 36.1. The van der Waals surface area contributed by atoms with Crippen LogP contribution in [0.4, 0.5) is 4.79 Å². The number of carbonyl (C=O) groups excluding carboxylic acids is 2. The highest BCUT2D eigenvalue weighted by Crippen LogP contribution is 2.44. The Bertz CT molecular complexity index is 1080. The average Bonchev–Trinajstić information content (AvgIpc) is 3.19. The van der Waals surface area contributed by atoms with Gasteiger partial charge in [-0.15, -0.1) is 0 Å². The number of alkyl carbamates (subject to hydrolysis) is 1. The van der Waals surface area contributed by atoms with Crippen LogP contribution >= 0.6 is 0 Å². The van der Waals surface area contributed by atoms with Gasteiger partial charge in [0.15, 0.2) is 0 Å². The molecule has 0 aromatic heterocycles. The molecule has 3 N–H and O–H groups in total. The molecule has 2 aromatic rings. The average molecular weight is 477 g/mol. The Balaban J connectivity index is 1.23. The van der Waals surface area contributed by atoms with Gasteiger partial charge in [0.1, 0.15) is 6.61 Å². The maximum absolute atomic E-state index is 12.4. The summed E-state index contributed by atoms with van der Waals surface area (Å²) < 4.78 is 5.51. The number of carbonyl (C=O) groups is 3. The molecule has 184 valence electrons. The van der Waals surface area contributed by atoms with E-state index in [0.717, 1.165) is 30.4 Å². The van der Waals surface area contributed by atoms with E-state index < -0.39 is 18.0 Å². The lowest BCUT2D eigenvalue weighted by atomic mass is 9.79. The van der Waals surface area contributed by atoms with Gasteiger partial charge in [0.05, 0.1) is 5.92 Å². The maximum atomic E-state index is 12.4. The predicted molar refractivity (Wildman–Crippen MR) is 133 cm³/mol. The van der Waals surface area contributed by atoms with Gasteiger partial charge in [0.2, 0.25) is 5.91 Å². The molecule has 2 atom stereocenters. The Hall–Kier alpha value is -3.61. The van der Waals surface area contributed by atoms with E-state index >= 15 is 0 Å². The number of hydrogen-bond donors (Lipinski definition) is 3. The number of fused-ring (bicyclic) bond motifs is 3. The fourth-order valence-corrected chi connectivity index (χ4v) is 5.17. The van der Waals surface area contributed by atoms with Gasteiger partial charge < -0.3 is 20.5 Å². The number of amides is 2. The topological polar surface area (TPSA) is 105 Å². The van der Waals surface area contributed by atoms with Crippen LogP contribution in [-0.4, -0.2) is 42.8 Å². The van der Waals surface area contributed by atoms with Gasteiger partial charge in [-0.05, 0) is 47.9 Å². The van der Waals surface area contributed by atoms with Gasteiger partial charge in [-0.3, -0.25) is 9.59 Å². The summed E-state index contributed by atoms with van der Waals surface area (Å²) in [6, 6.07) is 16.3. The summed E-state index contributed by atoms with van der Waals surface area (Å²) in [7, 11) is 0. The lowest BCUT2D eigenvalue weighted by Crippen LogP contribution is -2.37. The fraction of sp³-hybridized carbons (Fsp3) is 0.393. The molecule has 2 unspecified atom stereocenters. The summed E-state index contributed by atoms with van der Waals surface area (Å²) in [6.45, 7) is 2.41. The molecule has 0 aliphatic heterocycles. The first-order valence-electron chi connectivity index (χ1n) is 12.2. The van der Waals surface area contributed by atoms with Gasteiger partial charge in [-0.1, -0.05) is 67.4 Å². The highest BCUT2D eigenvalue weighted by molar-refractivity contribution is 5.92. The Kier molecular flexibility index (Phi) is 7.85. The summed E-state index contributed by atoms with van der Waals surface area (Å²) in [5.41, 5.74) is 5.11. The standard InChI is InChI=1S/C28H32N2O5/c1-18(26(31)30-16-19-8-2-3-9-20(19)27(32)33)14-15-29-28(34)35-17-25-23-12-6-4-10-21(23)22-11-5-7-13-24(22)25/h4-7,10-14,19-20,25H,2-3,8-9,15-17H2,1H3,(H,29,34)(H,30,31)(H,32,33)/b18-14+. The molecule has 7 heteroatoms. The second-order valence-electron chi connectivity index (χ2n) is 9.29. The van der Waals surface area contributed by atoms with Crippen LogP contribution in [0.15, 0.2) is 60.2 Å². The molecule has 0 heterocycles. The van der Waals surface area contributed by atoms with Crippen molar-refractivity contribution in [2.24, 2.45) is 11.8 Å². The van der Waals surface area contributed by atoms with Crippen LogP contribution in [0.2, 0.25) is 0 Å². The summed E-state index contributed by atoms with van der Waals surface area (Å²) in [5, 5.41) is 14.9. The number of aliphatic carboxylic acids is 1. The third-order valence-corrected chi connectivity index (χ3v) is 7.11. The molecule has 0 spiro atoms. The summed E-state index contributed by atoms with van der Waals surface area (Å²) in [6.07, 6.45) is 4.47. The van der Waals surface area contributed by atoms with E-state index in [4.69, 9.17) is 4.74 Å². The molecule has 2 amide bonds. The Morgan fingerprint density at radius 1 is 0.971 bits per heavy atom. The summed E-state index contributed by atoms with van der Waals surface area (Å²) in [5.74, 6) is -1.50. The van der Waals surface area contributed by atoms with E-state index in [-0.39, 0.29) is 30.9 Å². The van der Waals surface area contributed by atoms with Gasteiger partial charge in [0, 0.05) is 24.6 Å². The molecular formula is C28H32N2O5. The third-order valence-electron chi connectivity index (χ3n) is 7.11. The normalized spacial score (nSPS) is 19.4. The van der Waals surface area contributed by atoms with Gasteiger partial charge in [-0.2, -0.15) is 0 Å². The minimum absolute atomic E-state index is 0.00868. The Morgan fingerprint density at radius 3 is 2.26 bits per heavy atom. The molecule has 0 saturated heterocycles.